The van der Waals surface area contributed by atoms with Crippen LogP contribution in [-0.4, -0.2) is 48.3 Å². The van der Waals surface area contributed by atoms with Crippen LogP contribution >= 0.6 is 0 Å². The molecule has 2 aliphatic rings. The molecule has 5 nitrogen and oxygen atoms in total. The first-order valence-corrected chi connectivity index (χ1v) is 10.3. The molecule has 0 radical (unpaired) electrons. The number of benzene rings is 2. The van der Waals surface area contributed by atoms with Crippen molar-refractivity contribution in [2.75, 3.05) is 19.8 Å². The van der Waals surface area contributed by atoms with Crippen molar-refractivity contribution in [2.45, 2.75) is 71.4 Å². The van der Waals surface area contributed by atoms with Crippen molar-refractivity contribution in [2.24, 2.45) is 0 Å². The summed E-state index contributed by atoms with van der Waals surface area (Å²) in [4.78, 5) is 0. The molecule has 4 rings (SSSR count). The van der Waals surface area contributed by atoms with E-state index in [2.05, 4.69) is 38.1 Å². The lowest BCUT2D eigenvalue weighted by atomic mass is 9.78. The van der Waals surface area contributed by atoms with Crippen LogP contribution in [0.4, 0.5) is 0 Å². The minimum atomic E-state index is -0.501. The van der Waals surface area contributed by atoms with Gasteiger partial charge in [0.2, 0.25) is 0 Å². The van der Waals surface area contributed by atoms with E-state index in [9.17, 15) is 10.2 Å². The summed E-state index contributed by atoms with van der Waals surface area (Å²) in [6, 6.07) is 16.2. The van der Waals surface area contributed by atoms with Gasteiger partial charge in [0.25, 0.3) is 0 Å². The Morgan fingerprint density at radius 2 is 1.35 bits per heavy atom. The third-order valence-electron chi connectivity index (χ3n) is 5.86. The minimum Gasteiger partial charge on any atom is -0.491 e. The molecule has 172 valence electrons. The lowest BCUT2D eigenvalue weighted by Gasteiger charge is -2.27. The number of ether oxygens (including phenoxy) is 3. The average Bonchev–Trinajstić information content (AvgIpc) is 3.64. The van der Waals surface area contributed by atoms with Gasteiger partial charge in [-0.15, -0.1) is 0 Å². The van der Waals surface area contributed by atoms with Crippen LogP contribution in [0.1, 0.15) is 64.3 Å². The number of aliphatic hydroxyl groups excluding tert-OH is 2. The summed E-state index contributed by atoms with van der Waals surface area (Å²) in [7, 11) is 0. The Balaban J connectivity index is 0.00000171. The molecule has 31 heavy (non-hydrogen) atoms. The van der Waals surface area contributed by atoms with Crippen LogP contribution in [0, 0.1) is 0 Å². The zero-order valence-electron chi connectivity index (χ0n) is 17.1. The highest BCUT2D eigenvalue weighted by molar-refractivity contribution is 5.41. The average molecular weight is 431 g/mol. The third kappa shape index (κ3) is 6.78. The number of hydrogen-bond donors (Lipinski definition) is 2. The van der Waals surface area contributed by atoms with Crippen LogP contribution in [0.25, 0.3) is 0 Å². The smallest absolute Gasteiger partial charge is 0.119 e. The molecule has 2 aromatic rings. The van der Waals surface area contributed by atoms with Crippen LogP contribution in [-0.2, 0) is 14.9 Å². The largest absolute Gasteiger partial charge is 0.491 e. The standard InChI is InChI=1S/C24H30O5.2CH4/c1-24(2,17-5-3-16(4-6-17)23(26)12-22-15-29-22)18-7-9-20(10-8-18)27-13-19(25)11-21-14-28-21;;/h3-10,19,21-23,25-26H,11-15H2,1-2H3;2*1H4. The molecule has 0 spiro atoms. The van der Waals surface area contributed by atoms with E-state index in [0.29, 0.717) is 12.8 Å². The van der Waals surface area contributed by atoms with Crippen molar-refractivity contribution in [3.63, 3.8) is 0 Å². The molecule has 4 atom stereocenters. The first kappa shape index (κ1) is 25.3. The zero-order chi connectivity index (χ0) is 20.4. The SMILES string of the molecule is C.C.CC(C)(c1ccc(OCC(O)CC2CO2)cc1)c1ccc(C(O)CC2CO2)cc1. The summed E-state index contributed by atoms with van der Waals surface area (Å²) in [5.41, 5.74) is 3.12. The molecular formula is C26H38O5. The number of rotatable bonds is 10. The molecule has 2 aliphatic heterocycles. The molecule has 2 fully saturated rings. The molecule has 0 bridgehead atoms. The molecular weight excluding hydrogens is 392 g/mol. The zero-order valence-corrected chi connectivity index (χ0v) is 17.1. The minimum absolute atomic E-state index is 0. The molecule has 2 heterocycles. The quantitative estimate of drug-likeness (QED) is 0.537. The fourth-order valence-corrected chi connectivity index (χ4v) is 3.61. The van der Waals surface area contributed by atoms with Crippen LogP contribution in [0.15, 0.2) is 48.5 Å². The van der Waals surface area contributed by atoms with Crippen molar-refractivity contribution < 1.29 is 24.4 Å². The van der Waals surface area contributed by atoms with Gasteiger partial charge in [-0.05, 0) is 28.8 Å². The number of epoxide rings is 2. The van der Waals surface area contributed by atoms with E-state index in [1.807, 2.05) is 24.3 Å². The third-order valence-corrected chi connectivity index (χ3v) is 5.86. The van der Waals surface area contributed by atoms with Crippen molar-refractivity contribution in [1.29, 1.82) is 0 Å². The Bertz CT molecular complexity index is 792. The second kappa shape index (κ2) is 10.6. The maximum absolute atomic E-state index is 10.3. The van der Waals surface area contributed by atoms with E-state index in [0.717, 1.165) is 24.5 Å². The molecule has 5 heteroatoms. The van der Waals surface area contributed by atoms with Gasteiger partial charge in [0, 0.05) is 18.3 Å². The fourth-order valence-electron chi connectivity index (χ4n) is 3.61. The first-order chi connectivity index (χ1) is 13.9. The van der Waals surface area contributed by atoms with Gasteiger partial charge in [-0.3, -0.25) is 0 Å². The Kier molecular flexibility index (Phi) is 8.66. The van der Waals surface area contributed by atoms with Crippen molar-refractivity contribution in [3.8, 4) is 5.75 Å². The van der Waals surface area contributed by atoms with Gasteiger partial charge in [-0.1, -0.05) is 65.1 Å². The number of hydrogen-bond acceptors (Lipinski definition) is 5. The monoisotopic (exact) mass is 430 g/mol. The molecule has 2 N–H and O–H groups in total. The predicted octanol–water partition coefficient (Wildman–Crippen LogP) is 4.64. The van der Waals surface area contributed by atoms with Gasteiger partial charge < -0.3 is 24.4 Å². The normalized spacial score (nSPS) is 21.3. The maximum atomic E-state index is 10.3. The summed E-state index contributed by atoms with van der Waals surface area (Å²) < 4.78 is 16.0. The Hall–Kier alpha value is -1.92. The highest BCUT2D eigenvalue weighted by atomic mass is 16.6. The molecule has 2 saturated heterocycles. The Morgan fingerprint density at radius 1 is 0.871 bits per heavy atom. The molecule has 2 aromatic carbocycles. The van der Waals surface area contributed by atoms with E-state index in [1.54, 1.807) is 0 Å². The fraction of sp³-hybridized carbons (Fsp3) is 0.538. The topological polar surface area (TPSA) is 74.8 Å². The van der Waals surface area contributed by atoms with Crippen LogP contribution < -0.4 is 4.74 Å². The van der Waals surface area contributed by atoms with E-state index in [1.165, 1.54) is 11.1 Å². The van der Waals surface area contributed by atoms with E-state index < -0.39 is 12.2 Å². The Morgan fingerprint density at radius 3 is 1.87 bits per heavy atom. The Labute approximate surface area is 187 Å². The van der Waals surface area contributed by atoms with Crippen molar-refractivity contribution >= 4 is 0 Å². The van der Waals surface area contributed by atoms with E-state index >= 15 is 0 Å². The summed E-state index contributed by atoms with van der Waals surface area (Å²) in [6.07, 6.45) is 0.726. The van der Waals surface area contributed by atoms with E-state index in [4.69, 9.17) is 14.2 Å². The summed E-state index contributed by atoms with van der Waals surface area (Å²) in [5.74, 6) is 0.751. The lowest BCUT2D eigenvalue weighted by molar-refractivity contribution is 0.0925. The van der Waals surface area contributed by atoms with Gasteiger partial charge in [-0.2, -0.15) is 0 Å². The van der Waals surface area contributed by atoms with Crippen molar-refractivity contribution in [1.82, 2.24) is 0 Å². The molecule has 0 saturated carbocycles. The molecule has 0 aromatic heterocycles. The maximum Gasteiger partial charge on any atom is 0.119 e. The lowest BCUT2D eigenvalue weighted by Crippen LogP contribution is -2.20. The summed E-state index contributed by atoms with van der Waals surface area (Å²) in [6.45, 7) is 6.15. The second-order valence-corrected chi connectivity index (χ2v) is 8.63. The summed E-state index contributed by atoms with van der Waals surface area (Å²) >= 11 is 0. The molecule has 4 unspecified atom stereocenters. The van der Waals surface area contributed by atoms with Gasteiger partial charge in [0.1, 0.15) is 12.4 Å². The van der Waals surface area contributed by atoms with Gasteiger partial charge >= 0.3 is 0 Å². The second-order valence-electron chi connectivity index (χ2n) is 8.63. The molecule has 0 amide bonds. The van der Waals surface area contributed by atoms with Gasteiger partial charge in [0.15, 0.2) is 0 Å². The first-order valence-electron chi connectivity index (χ1n) is 10.3. The van der Waals surface area contributed by atoms with Crippen LogP contribution in [0.5, 0.6) is 5.75 Å². The number of aliphatic hydroxyl groups is 2. The van der Waals surface area contributed by atoms with E-state index in [-0.39, 0.29) is 39.1 Å². The predicted molar refractivity (Wildman–Crippen MR) is 124 cm³/mol. The van der Waals surface area contributed by atoms with Gasteiger partial charge in [-0.25, -0.2) is 0 Å². The summed E-state index contributed by atoms with van der Waals surface area (Å²) in [5, 5.41) is 20.2. The highest BCUT2D eigenvalue weighted by Crippen LogP contribution is 2.34. The van der Waals surface area contributed by atoms with Crippen LogP contribution in [0.3, 0.4) is 0 Å². The molecule has 0 aliphatic carbocycles. The highest BCUT2D eigenvalue weighted by Gasteiger charge is 2.28. The van der Waals surface area contributed by atoms with Crippen LogP contribution in [0.2, 0.25) is 0 Å². The van der Waals surface area contributed by atoms with Gasteiger partial charge in [0.05, 0.1) is 37.6 Å². The van der Waals surface area contributed by atoms with Crippen molar-refractivity contribution in [3.05, 3.63) is 65.2 Å².